The van der Waals surface area contributed by atoms with Gasteiger partial charge in [-0.3, -0.25) is 4.79 Å². The molecule has 1 aromatic heterocycles. The van der Waals surface area contributed by atoms with Crippen molar-refractivity contribution in [3.8, 4) is 0 Å². The van der Waals surface area contributed by atoms with E-state index < -0.39 is 24.4 Å². The standard InChI is InChI=1S/C13H19BN2O5/c1-13(2,3)21-12(18)16-5-4-10-8(7-16)6-9(14(19)20)11(17)15-10/h6,19-20H,4-5,7H2,1-3H3,(H,15,17). The Morgan fingerprint density at radius 3 is 2.67 bits per heavy atom. The SMILES string of the molecule is CC(C)(C)OC(=O)N1CCc2[nH]c(=O)c(B(O)O)cc2C1. The quantitative estimate of drug-likeness (QED) is 0.597. The van der Waals surface area contributed by atoms with Crippen molar-refractivity contribution in [2.45, 2.75) is 39.3 Å². The summed E-state index contributed by atoms with van der Waals surface area (Å²) < 4.78 is 5.31. The Morgan fingerprint density at radius 1 is 1.43 bits per heavy atom. The third-order valence-corrected chi connectivity index (χ3v) is 3.17. The molecular formula is C13H19BN2O5. The maximum absolute atomic E-state index is 12.0. The summed E-state index contributed by atoms with van der Waals surface area (Å²) >= 11 is 0. The number of carbonyl (C=O) groups is 1. The van der Waals surface area contributed by atoms with Crippen LogP contribution in [0.25, 0.3) is 0 Å². The zero-order valence-corrected chi connectivity index (χ0v) is 12.3. The molecule has 1 aliphatic rings. The van der Waals surface area contributed by atoms with Gasteiger partial charge in [-0.25, -0.2) is 4.79 Å². The molecule has 0 aromatic carbocycles. The van der Waals surface area contributed by atoms with Crippen LogP contribution in [0.2, 0.25) is 0 Å². The Labute approximate surface area is 122 Å². The second kappa shape index (κ2) is 5.53. The summed E-state index contributed by atoms with van der Waals surface area (Å²) in [6, 6.07) is 1.43. The smallest absolute Gasteiger partial charge is 0.444 e. The largest absolute Gasteiger partial charge is 0.494 e. The molecule has 0 unspecified atom stereocenters. The van der Waals surface area contributed by atoms with E-state index in [2.05, 4.69) is 4.98 Å². The average molecular weight is 294 g/mol. The van der Waals surface area contributed by atoms with Gasteiger partial charge in [0.05, 0.1) is 6.54 Å². The number of ether oxygens (including phenoxy) is 1. The first-order valence-electron chi connectivity index (χ1n) is 6.76. The molecule has 0 spiro atoms. The van der Waals surface area contributed by atoms with Gasteiger partial charge in [-0.15, -0.1) is 0 Å². The summed E-state index contributed by atoms with van der Waals surface area (Å²) in [5, 5.41) is 18.3. The molecule has 0 bridgehead atoms. The van der Waals surface area contributed by atoms with Gasteiger partial charge in [0.2, 0.25) is 5.56 Å². The molecule has 0 fully saturated rings. The number of nitrogens with one attached hydrogen (secondary N) is 1. The molecule has 114 valence electrons. The van der Waals surface area contributed by atoms with Gasteiger partial charge < -0.3 is 24.7 Å². The Bertz CT molecular complexity index is 606. The van der Waals surface area contributed by atoms with E-state index in [0.29, 0.717) is 24.2 Å². The minimum absolute atomic E-state index is 0.125. The molecule has 1 aromatic rings. The fourth-order valence-corrected chi connectivity index (χ4v) is 2.20. The maximum atomic E-state index is 12.0. The number of amides is 1. The van der Waals surface area contributed by atoms with Crippen LogP contribution in [0, 0.1) is 0 Å². The van der Waals surface area contributed by atoms with Crippen molar-refractivity contribution in [3.05, 3.63) is 27.7 Å². The molecule has 3 N–H and O–H groups in total. The van der Waals surface area contributed by atoms with Crippen LogP contribution >= 0.6 is 0 Å². The van der Waals surface area contributed by atoms with E-state index in [1.54, 1.807) is 20.8 Å². The lowest BCUT2D eigenvalue weighted by atomic mass is 9.80. The Morgan fingerprint density at radius 2 is 2.10 bits per heavy atom. The van der Waals surface area contributed by atoms with E-state index in [4.69, 9.17) is 14.8 Å². The minimum atomic E-state index is -1.84. The molecule has 21 heavy (non-hydrogen) atoms. The van der Waals surface area contributed by atoms with Gasteiger partial charge in [0.25, 0.3) is 0 Å². The van der Waals surface area contributed by atoms with E-state index in [0.717, 1.165) is 0 Å². The van der Waals surface area contributed by atoms with Gasteiger partial charge in [0.15, 0.2) is 0 Å². The van der Waals surface area contributed by atoms with Gasteiger partial charge in [-0.2, -0.15) is 0 Å². The van der Waals surface area contributed by atoms with Gasteiger partial charge in [0, 0.05) is 24.1 Å². The highest BCUT2D eigenvalue weighted by Crippen LogP contribution is 2.18. The molecule has 2 heterocycles. The monoisotopic (exact) mass is 294 g/mol. The Balaban J connectivity index is 2.22. The highest BCUT2D eigenvalue weighted by atomic mass is 16.6. The van der Waals surface area contributed by atoms with Crippen molar-refractivity contribution < 1.29 is 19.6 Å². The molecule has 2 rings (SSSR count). The summed E-state index contributed by atoms with van der Waals surface area (Å²) in [6.07, 6.45) is 0.0662. The van der Waals surface area contributed by atoms with Crippen LogP contribution in [0.4, 0.5) is 4.79 Å². The number of aromatic amines is 1. The van der Waals surface area contributed by atoms with Crippen molar-refractivity contribution >= 4 is 18.7 Å². The van der Waals surface area contributed by atoms with Crippen molar-refractivity contribution in [2.75, 3.05) is 6.54 Å². The second-order valence-corrected chi connectivity index (χ2v) is 6.08. The fourth-order valence-electron chi connectivity index (χ4n) is 2.20. The molecule has 0 radical (unpaired) electrons. The normalized spacial score (nSPS) is 14.6. The molecule has 8 heteroatoms. The lowest BCUT2D eigenvalue weighted by Gasteiger charge is -2.31. The molecule has 0 saturated heterocycles. The van der Waals surface area contributed by atoms with E-state index in [9.17, 15) is 9.59 Å². The third kappa shape index (κ3) is 3.65. The number of nitrogens with zero attached hydrogens (tertiary/aromatic N) is 1. The van der Waals surface area contributed by atoms with Crippen LogP contribution in [0.15, 0.2) is 10.9 Å². The summed E-state index contributed by atoms with van der Waals surface area (Å²) in [6.45, 7) is 6.08. The summed E-state index contributed by atoms with van der Waals surface area (Å²) in [7, 11) is -1.84. The Kier molecular flexibility index (Phi) is 4.11. The number of pyridine rings is 1. The van der Waals surface area contributed by atoms with Crippen LogP contribution in [0.1, 0.15) is 32.0 Å². The number of rotatable bonds is 1. The molecule has 0 saturated carbocycles. The van der Waals surface area contributed by atoms with Crippen LogP contribution < -0.4 is 11.0 Å². The summed E-state index contributed by atoms with van der Waals surface area (Å²) in [5.41, 5.74) is 0.183. The van der Waals surface area contributed by atoms with E-state index in [1.165, 1.54) is 11.0 Å². The lowest BCUT2D eigenvalue weighted by molar-refractivity contribution is 0.0223. The Hall–Kier alpha value is -1.80. The van der Waals surface area contributed by atoms with E-state index in [1.807, 2.05) is 0 Å². The lowest BCUT2D eigenvalue weighted by Crippen LogP contribution is -2.46. The molecule has 1 amide bonds. The molecule has 1 aliphatic heterocycles. The summed E-state index contributed by atoms with van der Waals surface area (Å²) in [5.74, 6) is 0. The first-order valence-corrected chi connectivity index (χ1v) is 6.76. The fraction of sp³-hybridized carbons (Fsp3) is 0.538. The topological polar surface area (TPSA) is 103 Å². The van der Waals surface area contributed by atoms with Crippen LogP contribution in [-0.4, -0.2) is 45.3 Å². The van der Waals surface area contributed by atoms with Gasteiger partial charge in [-0.1, -0.05) is 6.07 Å². The number of hydrogen-bond acceptors (Lipinski definition) is 5. The van der Waals surface area contributed by atoms with Crippen molar-refractivity contribution in [1.29, 1.82) is 0 Å². The zero-order chi connectivity index (χ0) is 15.8. The van der Waals surface area contributed by atoms with Gasteiger partial charge >= 0.3 is 13.2 Å². The zero-order valence-electron chi connectivity index (χ0n) is 12.3. The van der Waals surface area contributed by atoms with Gasteiger partial charge in [-0.05, 0) is 26.3 Å². The summed E-state index contributed by atoms with van der Waals surface area (Å²) in [4.78, 5) is 27.9. The van der Waals surface area contributed by atoms with Crippen molar-refractivity contribution in [3.63, 3.8) is 0 Å². The third-order valence-electron chi connectivity index (χ3n) is 3.17. The number of H-pyrrole nitrogens is 1. The molecule has 0 aliphatic carbocycles. The van der Waals surface area contributed by atoms with Gasteiger partial charge in [0.1, 0.15) is 5.60 Å². The highest BCUT2D eigenvalue weighted by Gasteiger charge is 2.27. The van der Waals surface area contributed by atoms with E-state index >= 15 is 0 Å². The molecule has 0 atom stereocenters. The first kappa shape index (κ1) is 15.6. The molecular weight excluding hydrogens is 275 g/mol. The number of aromatic nitrogens is 1. The second-order valence-electron chi connectivity index (χ2n) is 6.08. The first-order chi connectivity index (χ1) is 9.67. The number of hydrogen-bond donors (Lipinski definition) is 3. The minimum Gasteiger partial charge on any atom is -0.444 e. The predicted octanol–water partition coefficient (Wildman–Crippen LogP) is -0.652. The average Bonchev–Trinajstić information content (AvgIpc) is 2.35. The van der Waals surface area contributed by atoms with Crippen LogP contribution in [0.5, 0.6) is 0 Å². The number of carbonyl (C=O) groups excluding carboxylic acids is 1. The number of fused-ring (bicyclic) bond motifs is 1. The highest BCUT2D eigenvalue weighted by molar-refractivity contribution is 6.58. The maximum Gasteiger partial charge on any atom is 0.494 e. The van der Waals surface area contributed by atoms with Crippen LogP contribution in [0.3, 0.4) is 0 Å². The van der Waals surface area contributed by atoms with Crippen molar-refractivity contribution in [1.82, 2.24) is 9.88 Å². The predicted molar refractivity (Wildman–Crippen MR) is 77.2 cm³/mol. The van der Waals surface area contributed by atoms with E-state index in [-0.39, 0.29) is 12.0 Å². The van der Waals surface area contributed by atoms with Crippen LogP contribution in [-0.2, 0) is 17.7 Å². The molecule has 7 nitrogen and oxygen atoms in total. The van der Waals surface area contributed by atoms with Crippen molar-refractivity contribution in [2.24, 2.45) is 0 Å².